The van der Waals surface area contributed by atoms with E-state index in [0.29, 0.717) is 4.90 Å². The number of aromatic carboxylic acids is 1. The van der Waals surface area contributed by atoms with Crippen molar-refractivity contribution >= 4 is 32.7 Å². The lowest BCUT2D eigenvalue weighted by molar-refractivity contribution is 0.0696. The Hall–Kier alpha value is -1.47. The normalized spacial score (nSPS) is 12.3. The first kappa shape index (κ1) is 15.9. The number of aryl methyl sites for hydroxylation is 2. The standard InChI is InChI=1S/C14H15BrN2O3S/c1-3-11-13(15)12(17(2)16-11)8-21(20)10-6-4-5-9(7-10)14(18)19/h4-7H,3,8H2,1-2H3,(H,18,19). The number of hydrogen-bond acceptors (Lipinski definition) is 3. The fraction of sp³-hybridized carbons (Fsp3) is 0.286. The Kier molecular flexibility index (Phi) is 4.95. The fourth-order valence-corrected chi connectivity index (χ4v) is 4.13. The first-order valence-corrected chi connectivity index (χ1v) is 8.47. The molecule has 1 heterocycles. The third-order valence-corrected chi connectivity index (χ3v) is 5.35. The molecule has 2 rings (SSSR count). The Morgan fingerprint density at radius 1 is 1.48 bits per heavy atom. The molecule has 1 atom stereocenters. The number of carbonyl (C=O) groups is 1. The van der Waals surface area contributed by atoms with Gasteiger partial charge < -0.3 is 5.11 Å². The largest absolute Gasteiger partial charge is 0.478 e. The van der Waals surface area contributed by atoms with Crippen LogP contribution >= 0.6 is 15.9 Å². The first-order valence-electron chi connectivity index (χ1n) is 6.36. The van der Waals surface area contributed by atoms with E-state index in [0.717, 1.165) is 22.3 Å². The van der Waals surface area contributed by atoms with Crippen LogP contribution in [0, 0.1) is 0 Å². The average molecular weight is 371 g/mol. The van der Waals surface area contributed by atoms with Gasteiger partial charge in [0.25, 0.3) is 0 Å². The molecule has 1 N–H and O–H groups in total. The molecule has 1 aromatic carbocycles. The second kappa shape index (κ2) is 6.53. The molecule has 0 aliphatic heterocycles. The van der Waals surface area contributed by atoms with Crippen molar-refractivity contribution in [2.24, 2.45) is 7.05 Å². The number of nitrogens with zero attached hydrogens (tertiary/aromatic N) is 2. The Morgan fingerprint density at radius 3 is 2.76 bits per heavy atom. The number of hydrogen-bond donors (Lipinski definition) is 1. The van der Waals surface area contributed by atoms with Crippen LogP contribution in [0.4, 0.5) is 0 Å². The van der Waals surface area contributed by atoms with E-state index in [4.69, 9.17) is 5.11 Å². The molecule has 0 fully saturated rings. The quantitative estimate of drug-likeness (QED) is 0.877. The zero-order chi connectivity index (χ0) is 15.6. The molecule has 0 saturated carbocycles. The van der Waals surface area contributed by atoms with Crippen molar-refractivity contribution in [3.8, 4) is 0 Å². The number of benzene rings is 1. The second-order valence-corrected chi connectivity index (χ2v) is 6.75. The molecule has 1 unspecified atom stereocenters. The third-order valence-electron chi connectivity index (χ3n) is 3.11. The minimum Gasteiger partial charge on any atom is -0.478 e. The summed E-state index contributed by atoms with van der Waals surface area (Å²) in [7, 11) is 0.485. The Morgan fingerprint density at radius 2 is 2.19 bits per heavy atom. The van der Waals surface area contributed by atoms with Crippen molar-refractivity contribution in [3.63, 3.8) is 0 Å². The van der Waals surface area contributed by atoms with Gasteiger partial charge in [0.2, 0.25) is 0 Å². The van der Waals surface area contributed by atoms with Crippen molar-refractivity contribution in [3.05, 3.63) is 45.7 Å². The Labute approximate surface area is 133 Å². The molecule has 0 saturated heterocycles. The van der Waals surface area contributed by atoms with E-state index in [1.165, 1.54) is 12.1 Å². The van der Waals surface area contributed by atoms with Gasteiger partial charge in [-0.15, -0.1) is 0 Å². The molecule has 5 nitrogen and oxygen atoms in total. The minimum absolute atomic E-state index is 0.138. The van der Waals surface area contributed by atoms with Crippen LogP contribution in [-0.2, 0) is 30.0 Å². The minimum atomic E-state index is -1.32. The van der Waals surface area contributed by atoms with Crippen LogP contribution < -0.4 is 0 Å². The molecule has 0 aliphatic rings. The number of rotatable bonds is 5. The van der Waals surface area contributed by atoms with Gasteiger partial charge in [-0.1, -0.05) is 13.0 Å². The summed E-state index contributed by atoms with van der Waals surface area (Å²) >= 11 is 3.49. The van der Waals surface area contributed by atoms with Gasteiger partial charge >= 0.3 is 5.97 Å². The predicted molar refractivity (Wildman–Crippen MR) is 83.8 cm³/mol. The maximum atomic E-state index is 12.4. The zero-order valence-corrected chi connectivity index (χ0v) is 14.1. The average Bonchev–Trinajstić information content (AvgIpc) is 2.74. The van der Waals surface area contributed by atoms with E-state index < -0.39 is 16.8 Å². The lowest BCUT2D eigenvalue weighted by Gasteiger charge is -2.05. The summed E-state index contributed by atoms with van der Waals surface area (Å²) in [6.07, 6.45) is 0.787. The Bertz CT molecular complexity index is 712. The fourth-order valence-electron chi connectivity index (χ4n) is 1.95. The summed E-state index contributed by atoms with van der Waals surface area (Å²) in [6.45, 7) is 2.00. The second-order valence-electron chi connectivity index (χ2n) is 4.51. The molecule has 21 heavy (non-hydrogen) atoms. The molecule has 0 bridgehead atoms. The van der Waals surface area contributed by atoms with Crippen LogP contribution in [0.25, 0.3) is 0 Å². The first-order chi connectivity index (χ1) is 9.93. The van der Waals surface area contributed by atoms with E-state index in [2.05, 4.69) is 21.0 Å². The lowest BCUT2D eigenvalue weighted by Crippen LogP contribution is -2.05. The molecule has 112 valence electrons. The van der Waals surface area contributed by atoms with Crippen LogP contribution in [0.5, 0.6) is 0 Å². The van der Waals surface area contributed by atoms with Gasteiger partial charge in [0, 0.05) is 11.9 Å². The van der Waals surface area contributed by atoms with E-state index in [1.807, 2.05) is 14.0 Å². The topological polar surface area (TPSA) is 72.2 Å². The highest BCUT2D eigenvalue weighted by molar-refractivity contribution is 9.10. The van der Waals surface area contributed by atoms with Crippen molar-refractivity contribution < 1.29 is 14.1 Å². The monoisotopic (exact) mass is 370 g/mol. The van der Waals surface area contributed by atoms with E-state index in [-0.39, 0.29) is 11.3 Å². The van der Waals surface area contributed by atoms with Gasteiger partial charge in [-0.05, 0) is 40.5 Å². The van der Waals surface area contributed by atoms with Crippen molar-refractivity contribution in [2.75, 3.05) is 0 Å². The molecule has 0 aliphatic carbocycles. The van der Waals surface area contributed by atoms with E-state index >= 15 is 0 Å². The van der Waals surface area contributed by atoms with Gasteiger partial charge in [-0.2, -0.15) is 5.10 Å². The maximum absolute atomic E-state index is 12.4. The van der Waals surface area contributed by atoms with Crippen molar-refractivity contribution in [1.82, 2.24) is 9.78 Å². The molecular weight excluding hydrogens is 356 g/mol. The molecule has 0 amide bonds. The number of halogens is 1. The predicted octanol–water partition coefficient (Wildman–Crippen LogP) is 2.75. The summed E-state index contributed by atoms with van der Waals surface area (Å²) in [5, 5.41) is 13.3. The summed E-state index contributed by atoms with van der Waals surface area (Å²) in [4.78, 5) is 11.5. The summed E-state index contributed by atoms with van der Waals surface area (Å²) in [6, 6.07) is 6.21. The number of carboxylic acids is 1. The smallest absolute Gasteiger partial charge is 0.335 e. The summed E-state index contributed by atoms with van der Waals surface area (Å²) in [5.41, 5.74) is 1.90. The molecule has 0 radical (unpaired) electrons. The Balaban J connectivity index is 2.28. The van der Waals surface area contributed by atoms with Crippen molar-refractivity contribution in [1.29, 1.82) is 0 Å². The summed E-state index contributed by atoms with van der Waals surface area (Å²) < 4.78 is 15.0. The van der Waals surface area contributed by atoms with Crippen molar-refractivity contribution in [2.45, 2.75) is 24.0 Å². The molecule has 7 heteroatoms. The van der Waals surface area contributed by atoms with Gasteiger partial charge in [-0.25, -0.2) is 4.79 Å². The van der Waals surface area contributed by atoms with Crippen LogP contribution in [0.15, 0.2) is 33.6 Å². The van der Waals surface area contributed by atoms with Crippen LogP contribution in [-0.4, -0.2) is 25.1 Å². The van der Waals surface area contributed by atoms with Crippen LogP contribution in [0.3, 0.4) is 0 Å². The van der Waals surface area contributed by atoms with E-state index in [1.54, 1.807) is 16.8 Å². The van der Waals surface area contributed by atoms with Gasteiger partial charge in [0.05, 0.1) is 38.0 Å². The SMILES string of the molecule is CCc1nn(C)c(CS(=O)c2cccc(C(=O)O)c2)c1Br. The highest BCUT2D eigenvalue weighted by atomic mass is 79.9. The number of carboxylic acid groups (broad SMARTS) is 1. The summed E-state index contributed by atoms with van der Waals surface area (Å²) in [5.74, 6) is -0.739. The molecular formula is C14H15BrN2O3S. The van der Waals surface area contributed by atoms with Crippen LogP contribution in [0.1, 0.15) is 28.7 Å². The molecule has 2 aromatic rings. The number of aromatic nitrogens is 2. The van der Waals surface area contributed by atoms with Gasteiger partial charge in [0.15, 0.2) is 0 Å². The van der Waals surface area contributed by atoms with E-state index in [9.17, 15) is 9.00 Å². The third kappa shape index (κ3) is 3.41. The van der Waals surface area contributed by atoms with Gasteiger partial charge in [-0.3, -0.25) is 8.89 Å². The lowest BCUT2D eigenvalue weighted by atomic mass is 10.2. The van der Waals surface area contributed by atoms with Crippen LogP contribution in [0.2, 0.25) is 0 Å². The maximum Gasteiger partial charge on any atom is 0.335 e. The molecule has 1 aromatic heterocycles. The highest BCUT2D eigenvalue weighted by Crippen LogP contribution is 2.24. The van der Waals surface area contributed by atoms with Gasteiger partial charge in [0.1, 0.15) is 0 Å². The molecule has 0 spiro atoms. The highest BCUT2D eigenvalue weighted by Gasteiger charge is 2.16. The zero-order valence-electron chi connectivity index (χ0n) is 11.7.